The molecule has 2 nitrogen and oxygen atoms in total. The van der Waals surface area contributed by atoms with Crippen LogP contribution in [0.3, 0.4) is 0 Å². The zero-order valence-corrected chi connectivity index (χ0v) is 11.6. The Balaban J connectivity index is 2.23. The minimum Gasteiger partial charge on any atom is -0.398 e. The molecule has 0 radical (unpaired) electrons. The van der Waals surface area contributed by atoms with Gasteiger partial charge in [0.25, 0.3) is 0 Å². The smallest absolute Gasteiger partial charge is 0.195 e. The van der Waals surface area contributed by atoms with Crippen LogP contribution in [-0.4, -0.2) is 5.78 Å². The number of carbonyl (C=O) groups is 1. The number of benzene rings is 3. The molecule has 0 aromatic heterocycles. The average molecular weight is 279 g/mol. The SMILES string of the molecule is Cc1ccc(N)c(C(=O)c2ccc(F)c3ccccc23)c1. The van der Waals surface area contributed by atoms with Gasteiger partial charge in [-0.1, -0.05) is 35.9 Å². The molecule has 3 rings (SSSR count). The monoisotopic (exact) mass is 279 g/mol. The second kappa shape index (κ2) is 5.02. The summed E-state index contributed by atoms with van der Waals surface area (Å²) in [6.07, 6.45) is 0. The molecule has 0 bridgehead atoms. The summed E-state index contributed by atoms with van der Waals surface area (Å²) in [7, 11) is 0. The number of fused-ring (bicyclic) bond motifs is 1. The molecule has 104 valence electrons. The molecule has 3 aromatic carbocycles. The molecular weight excluding hydrogens is 265 g/mol. The van der Waals surface area contributed by atoms with Crippen molar-refractivity contribution in [1.29, 1.82) is 0 Å². The Morgan fingerprint density at radius 2 is 1.67 bits per heavy atom. The van der Waals surface area contributed by atoms with E-state index in [0.29, 0.717) is 27.6 Å². The zero-order valence-electron chi connectivity index (χ0n) is 11.6. The van der Waals surface area contributed by atoms with E-state index in [9.17, 15) is 9.18 Å². The number of hydrogen-bond acceptors (Lipinski definition) is 2. The number of carbonyl (C=O) groups excluding carboxylic acids is 1. The van der Waals surface area contributed by atoms with Crippen molar-refractivity contribution < 1.29 is 9.18 Å². The Hall–Kier alpha value is -2.68. The molecule has 0 saturated carbocycles. The molecule has 0 unspecified atom stereocenters. The molecule has 0 saturated heterocycles. The van der Waals surface area contributed by atoms with Crippen LogP contribution in [0.25, 0.3) is 10.8 Å². The van der Waals surface area contributed by atoms with Crippen molar-refractivity contribution in [2.75, 3.05) is 5.73 Å². The molecule has 0 aliphatic heterocycles. The number of aryl methyl sites for hydroxylation is 1. The largest absolute Gasteiger partial charge is 0.398 e. The number of nitrogens with two attached hydrogens (primary N) is 1. The summed E-state index contributed by atoms with van der Waals surface area (Å²) in [6, 6.07) is 15.1. The minimum atomic E-state index is -0.334. The summed E-state index contributed by atoms with van der Waals surface area (Å²) in [5.41, 5.74) is 8.21. The highest BCUT2D eigenvalue weighted by molar-refractivity contribution is 6.18. The first kappa shape index (κ1) is 13.3. The van der Waals surface area contributed by atoms with Crippen molar-refractivity contribution in [1.82, 2.24) is 0 Å². The van der Waals surface area contributed by atoms with Crippen LogP contribution in [0.1, 0.15) is 21.5 Å². The Morgan fingerprint density at radius 3 is 2.43 bits per heavy atom. The molecule has 0 fully saturated rings. The van der Waals surface area contributed by atoms with Gasteiger partial charge in [0.2, 0.25) is 0 Å². The lowest BCUT2D eigenvalue weighted by Gasteiger charge is -2.09. The van der Waals surface area contributed by atoms with E-state index in [4.69, 9.17) is 5.73 Å². The molecule has 2 N–H and O–H groups in total. The van der Waals surface area contributed by atoms with Gasteiger partial charge in [-0.3, -0.25) is 4.79 Å². The Morgan fingerprint density at radius 1 is 0.952 bits per heavy atom. The lowest BCUT2D eigenvalue weighted by atomic mass is 9.95. The summed E-state index contributed by atoms with van der Waals surface area (Å²) >= 11 is 0. The quantitative estimate of drug-likeness (QED) is 0.567. The van der Waals surface area contributed by atoms with Crippen LogP contribution in [0, 0.1) is 12.7 Å². The van der Waals surface area contributed by atoms with Gasteiger partial charge < -0.3 is 5.73 Å². The van der Waals surface area contributed by atoms with E-state index in [1.165, 1.54) is 12.1 Å². The molecule has 0 heterocycles. The van der Waals surface area contributed by atoms with Crippen LogP contribution in [-0.2, 0) is 0 Å². The topological polar surface area (TPSA) is 43.1 Å². The number of halogens is 1. The molecular formula is C18H14FNO. The number of hydrogen-bond donors (Lipinski definition) is 1. The second-order valence-electron chi connectivity index (χ2n) is 5.06. The molecule has 3 aromatic rings. The fraction of sp³-hybridized carbons (Fsp3) is 0.0556. The fourth-order valence-electron chi connectivity index (χ4n) is 2.47. The van der Waals surface area contributed by atoms with E-state index in [1.54, 1.807) is 36.4 Å². The Labute approximate surface area is 122 Å². The zero-order chi connectivity index (χ0) is 15.0. The van der Waals surface area contributed by atoms with Gasteiger partial charge in [0.1, 0.15) is 5.82 Å². The first-order chi connectivity index (χ1) is 10.1. The summed E-state index contributed by atoms with van der Waals surface area (Å²) in [5, 5.41) is 1.04. The second-order valence-corrected chi connectivity index (χ2v) is 5.06. The van der Waals surface area contributed by atoms with Gasteiger partial charge in [-0.2, -0.15) is 0 Å². The standard InChI is InChI=1S/C18H14FNO/c1-11-6-9-17(20)15(10-11)18(21)14-7-8-16(19)13-5-3-2-4-12(13)14/h2-10H,20H2,1H3. The van der Waals surface area contributed by atoms with E-state index in [1.807, 2.05) is 13.0 Å². The number of rotatable bonds is 2. The highest BCUT2D eigenvalue weighted by Gasteiger charge is 2.16. The summed E-state index contributed by atoms with van der Waals surface area (Å²) in [5.74, 6) is -0.522. The van der Waals surface area contributed by atoms with E-state index >= 15 is 0 Å². The third-order valence-corrected chi connectivity index (χ3v) is 3.57. The van der Waals surface area contributed by atoms with Crippen LogP contribution in [0.2, 0.25) is 0 Å². The fourth-order valence-corrected chi connectivity index (χ4v) is 2.47. The van der Waals surface area contributed by atoms with Gasteiger partial charge in [-0.25, -0.2) is 4.39 Å². The Bertz CT molecular complexity index is 855. The van der Waals surface area contributed by atoms with Gasteiger partial charge >= 0.3 is 0 Å². The maximum absolute atomic E-state index is 13.8. The van der Waals surface area contributed by atoms with Crippen LogP contribution >= 0.6 is 0 Å². The van der Waals surface area contributed by atoms with Crippen molar-refractivity contribution in [2.45, 2.75) is 6.92 Å². The van der Waals surface area contributed by atoms with Crippen molar-refractivity contribution in [2.24, 2.45) is 0 Å². The van der Waals surface area contributed by atoms with Crippen molar-refractivity contribution >= 4 is 22.2 Å². The number of nitrogen functional groups attached to an aromatic ring is 1. The average Bonchev–Trinajstić information content (AvgIpc) is 2.50. The summed E-state index contributed by atoms with van der Waals surface area (Å²) < 4.78 is 13.8. The molecule has 0 atom stereocenters. The van der Waals surface area contributed by atoms with Gasteiger partial charge in [0.05, 0.1) is 0 Å². The molecule has 0 amide bonds. The summed E-state index contributed by atoms with van der Waals surface area (Å²) in [6.45, 7) is 1.90. The van der Waals surface area contributed by atoms with E-state index in [2.05, 4.69) is 0 Å². The van der Waals surface area contributed by atoms with E-state index in [0.717, 1.165) is 5.56 Å². The van der Waals surface area contributed by atoms with E-state index < -0.39 is 0 Å². The van der Waals surface area contributed by atoms with Crippen LogP contribution in [0.5, 0.6) is 0 Å². The van der Waals surface area contributed by atoms with E-state index in [-0.39, 0.29) is 11.6 Å². The molecule has 3 heteroatoms. The lowest BCUT2D eigenvalue weighted by molar-refractivity contribution is 0.104. The summed E-state index contributed by atoms with van der Waals surface area (Å²) in [4.78, 5) is 12.7. The third-order valence-electron chi connectivity index (χ3n) is 3.57. The predicted octanol–water partition coefficient (Wildman–Crippen LogP) is 4.10. The highest BCUT2D eigenvalue weighted by Crippen LogP contribution is 2.26. The molecule has 21 heavy (non-hydrogen) atoms. The highest BCUT2D eigenvalue weighted by atomic mass is 19.1. The van der Waals surface area contributed by atoms with Crippen molar-refractivity contribution in [3.8, 4) is 0 Å². The third kappa shape index (κ3) is 2.27. The van der Waals surface area contributed by atoms with Crippen LogP contribution in [0.4, 0.5) is 10.1 Å². The van der Waals surface area contributed by atoms with Crippen molar-refractivity contribution in [3.63, 3.8) is 0 Å². The van der Waals surface area contributed by atoms with Gasteiger partial charge in [-0.05, 0) is 36.6 Å². The van der Waals surface area contributed by atoms with Gasteiger partial charge in [0.15, 0.2) is 5.78 Å². The molecule has 0 aliphatic carbocycles. The Kier molecular flexibility index (Phi) is 3.18. The minimum absolute atomic E-state index is 0.188. The maximum atomic E-state index is 13.8. The first-order valence-electron chi connectivity index (χ1n) is 6.66. The molecule has 0 spiro atoms. The number of ketones is 1. The van der Waals surface area contributed by atoms with Crippen LogP contribution < -0.4 is 5.73 Å². The normalized spacial score (nSPS) is 10.8. The van der Waals surface area contributed by atoms with Gasteiger partial charge in [0, 0.05) is 22.2 Å². The molecule has 0 aliphatic rings. The number of anilines is 1. The van der Waals surface area contributed by atoms with Crippen LogP contribution in [0.15, 0.2) is 54.6 Å². The van der Waals surface area contributed by atoms with Gasteiger partial charge in [-0.15, -0.1) is 0 Å². The lowest BCUT2D eigenvalue weighted by Crippen LogP contribution is -2.06. The predicted molar refractivity (Wildman–Crippen MR) is 82.9 cm³/mol. The van der Waals surface area contributed by atoms with Crippen molar-refractivity contribution in [3.05, 3.63) is 77.1 Å². The first-order valence-corrected chi connectivity index (χ1v) is 6.66. The maximum Gasteiger partial charge on any atom is 0.195 e.